The number of aromatic amines is 1. The third kappa shape index (κ3) is 44.2. The number of carboxylic acids is 4. The molecule has 0 saturated carbocycles. The summed E-state index contributed by atoms with van der Waals surface area (Å²) in [4.78, 5) is 215. The number of aromatic nitrogens is 1. The first-order chi connectivity index (χ1) is 58.3. The number of carbonyl (C=O) groups excluding carboxylic acids is 12. The number of nitrogens with one attached hydrogen (secondary N) is 10. The molecule has 0 fully saturated rings. The molecule has 37 heteroatoms. The van der Waals surface area contributed by atoms with E-state index < -0.39 is 169 Å². The van der Waals surface area contributed by atoms with E-state index in [1.165, 1.54) is 39.8 Å². The zero-order valence-corrected chi connectivity index (χ0v) is 71.8. The molecule has 3 rings (SSSR count). The molecule has 1 aromatic heterocycles. The molecule has 16 N–H and O–H groups in total. The van der Waals surface area contributed by atoms with Crippen LogP contribution in [0.1, 0.15) is 206 Å². The minimum atomic E-state index is -1.71. The Balaban J connectivity index is 1.44. The average Bonchev–Trinajstić information content (AvgIpc) is 1.57. The van der Waals surface area contributed by atoms with E-state index in [4.69, 9.17) is 29.8 Å². The lowest BCUT2D eigenvalue weighted by molar-refractivity contribution is -0.152. The first-order valence-corrected chi connectivity index (χ1v) is 42.5. The number of H-pyrrole nitrogens is 1. The number of para-hydroxylation sites is 1. The molecule has 37 nitrogen and oxygen atoms in total. The number of nitrogens with two attached hydrogens (primary N) is 1. The molecule has 0 aliphatic carbocycles. The number of unbranched alkanes of at least 4 members (excludes halogenated alkanes) is 14. The number of carbonyl (C=O) groups is 16. The number of ether oxygens (including phenoxy) is 4. The Kier molecular flexibility index (Phi) is 52.6. The van der Waals surface area contributed by atoms with Gasteiger partial charge in [-0.2, -0.15) is 0 Å². The summed E-state index contributed by atoms with van der Waals surface area (Å²) in [5.41, 5.74) is 7.68. The number of primary amides is 1. The van der Waals surface area contributed by atoms with Gasteiger partial charge in [0.15, 0.2) is 0 Å². The SMILES string of the molecule is CCCC[C@H](NC(=O)[C@H](Cc1c[nH]c2ccccc12)NC(=O)CNC(=O)[C@H](CC(C)C)NC(=O)[C@@H](NC(=O)[C@H](CC(=O)O)NC(=O)COCCOCCNC(=O)COCCOCCNC(=O)CC[C@H](NC(=O)CCCCCCCCCCCCCCCCC(=O)O)C(=O)O)[C@@H](C)CC)C(=O)N(C)[C@H](CC(=O)O)C(=O)N(C)[C@@H](Cc1ccccc1)C(N)=O. The summed E-state index contributed by atoms with van der Waals surface area (Å²) in [5, 5.41) is 62.0. The Bertz CT molecular complexity index is 3770. The Labute approximate surface area is 713 Å². The number of rotatable bonds is 69. The van der Waals surface area contributed by atoms with Crippen LogP contribution in [0.2, 0.25) is 0 Å². The van der Waals surface area contributed by atoms with Crippen molar-refractivity contribution in [2.24, 2.45) is 17.6 Å². The van der Waals surface area contributed by atoms with Gasteiger partial charge in [0.05, 0.1) is 59.0 Å². The highest BCUT2D eigenvalue weighted by Crippen LogP contribution is 2.22. The molecule has 122 heavy (non-hydrogen) atoms. The Morgan fingerprint density at radius 3 is 1.52 bits per heavy atom. The minimum absolute atomic E-state index is 0.00559. The van der Waals surface area contributed by atoms with Gasteiger partial charge in [0, 0.05) is 76.4 Å². The average molecular weight is 1720 g/mol. The molecular formula is C85H133N13O24. The lowest BCUT2D eigenvalue weighted by Gasteiger charge is -2.35. The Hall–Kier alpha value is -10.7. The van der Waals surface area contributed by atoms with Gasteiger partial charge in [0.25, 0.3) is 0 Å². The van der Waals surface area contributed by atoms with E-state index in [1.807, 2.05) is 6.92 Å². The van der Waals surface area contributed by atoms with Crippen LogP contribution in [-0.2, 0) is 109 Å². The van der Waals surface area contributed by atoms with Crippen LogP contribution in [0.5, 0.6) is 0 Å². The van der Waals surface area contributed by atoms with E-state index in [2.05, 4.69) is 52.8 Å². The number of aliphatic carboxylic acids is 4. The maximum absolute atomic E-state index is 14.7. The smallest absolute Gasteiger partial charge is 0.326 e. The molecule has 0 aliphatic heterocycles. The first kappa shape index (κ1) is 106. The van der Waals surface area contributed by atoms with E-state index >= 15 is 0 Å². The molecule has 0 saturated heterocycles. The first-order valence-electron chi connectivity index (χ1n) is 42.5. The predicted molar refractivity (Wildman–Crippen MR) is 450 cm³/mol. The molecule has 682 valence electrons. The third-order valence-electron chi connectivity index (χ3n) is 20.4. The number of amides is 12. The maximum atomic E-state index is 14.7. The second-order valence-electron chi connectivity index (χ2n) is 30.9. The fraction of sp³-hybridized carbons (Fsp3) is 0.647. The molecule has 2 aromatic carbocycles. The number of nitrogens with zero attached hydrogens (tertiary/aromatic N) is 2. The lowest BCUT2D eigenvalue weighted by atomic mass is 9.96. The van der Waals surface area contributed by atoms with Gasteiger partial charge in [0.1, 0.15) is 61.5 Å². The molecule has 0 aliphatic rings. The Morgan fingerprint density at radius 2 is 0.959 bits per heavy atom. The van der Waals surface area contributed by atoms with Crippen LogP contribution in [0, 0.1) is 11.8 Å². The molecule has 0 spiro atoms. The van der Waals surface area contributed by atoms with Crippen molar-refractivity contribution >= 4 is 106 Å². The van der Waals surface area contributed by atoms with Crippen molar-refractivity contribution in [3.05, 3.63) is 71.9 Å². The highest BCUT2D eigenvalue weighted by molar-refractivity contribution is 5.99. The van der Waals surface area contributed by atoms with E-state index in [9.17, 15) is 92.0 Å². The highest BCUT2D eigenvalue weighted by Gasteiger charge is 2.40. The molecule has 0 bridgehead atoms. The summed E-state index contributed by atoms with van der Waals surface area (Å²) >= 11 is 0. The summed E-state index contributed by atoms with van der Waals surface area (Å²) in [7, 11) is 2.48. The van der Waals surface area contributed by atoms with Gasteiger partial charge in [-0.25, -0.2) is 4.79 Å². The number of carboxylic acid groups (broad SMARTS) is 4. The second kappa shape index (κ2) is 60.8. The molecule has 12 amide bonds. The molecule has 1 heterocycles. The number of benzene rings is 2. The van der Waals surface area contributed by atoms with E-state index in [0.717, 1.165) is 67.6 Å². The van der Waals surface area contributed by atoms with Gasteiger partial charge in [-0.05, 0) is 61.1 Å². The van der Waals surface area contributed by atoms with Gasteiger partial charge in [-0.3, -0.25) is 71.9 Å². The van der Waals surface area contributed by atoms with E-state index in [0.29, 0.717) is 41.3 Å². The molecule has 0 unspecified atom stereocenters. The number of likely N-dealkylation sites (N-methyl/N-ethyl adjacent to an activating group) is 2. The fourth-order valence-corrected chi connectivity index (χ4v) is 13.3. The molecule has 3 aromatic rings. The van der Waals surface area contributed by atoms with E-state index in [-0.39, 0.29) is 129 Å². The molecular weight excluding hydrogens is 1590 g/mol. The monoisotopic (exact) mass is 1720 g/mol. The number of hydrogen-bond acceptors (Lipinski definition) is 20. The summed E-state index contributed by atoms with van der Waals surface area (Å²) < 4.78 is 21.6. The van der Waals surface area contributed by atoms with Crippen molar-refractivity contribution in [3.8, 4) is 0 Å². The topological polar surface area (TPSA) is 548 Å². The van der Waals surface area contributed by atoms with Crippen LogP contribution in [-0.4, -0.2) is 265 Å². The highest BCUT2D eigenvalue weighted by atomic mass is 16.5. The van der Waals surface area contributed by atoms with Crippen molar-refractivity contribution in [3.63, 3.8) is 0 Å². The molecule has 9 atom stereocenters. The van der Waals surface area contributed by atoms with Crippen LogP contribution in [0.3, 0.4) is 0 Å². The lowest BCUT2D eigenvalue weighted by Crippen LogP contribution is -2.60. The van der Waals surface area contributed by atoms with Crippen molar-refractivity contribution < 1.29 is 116 Å². The summed E-state index contributed by atoms with van der Waals surface area (Å²) in [5.74, 6) is -15.1. The largest absolute Gasteiger partial charge is 0.481 e. The number of hydrogen-bond donors (Lipinski definition) is 15. The molecule has 0 radical (unpaired) electrons. The van der Waals surface area contributed by atoms with Crippen LogP contribution in [0.25, 0.3) is 10.9 Å². The second-order valence-corrected chi connectivity index (χ2v) is 30.9. The van der Waals surface area contributed by atoms with Gasteiger partial charge < -0.3 is 108 Å². The minimum Gasteiger partial charge on any atom is -0.481 e. The quantitative estimate of drug-likeness (QED) is 0.0357. The van der Waals surface area contributed by atoms with Gasteiger partial charge in [0.2, 0.25) is 70.9 Å². The standard InChI is InChI=1S/C85H133N13O24/c1-8-10-33-62(83(115)98(7)68(51-76(108)109)84(116)97(6)67(78(86)110)48-58-30-24-23-25-31-58)94-80(112)65(49-59-52-89-61-34-29-28-32-60(59)61)92-71(101)53-90-79(111)64(47-56(3)4)95-82(114)77(57(5)9-2)96-81(113)66(50-75(106)107)93-73(103)55-122-46-44-120-42-40-88-72(102)54-121-45-43-119-41-39-87-69(99)38-37-63(85(117)118)91-70(100)35-26-21-19-17-15-13-11-12-14-16-18-20-22-27-36-74(104)105/h23-25,28-32,34,52,56-57,62-68,77,89H,8-22,26-27,33,35-51,53-55H2,1-7H3,(H2,86,110)(H,87,99)(H,88,102)(H,90,111)(H,91,100)(H,92,101)(H,93,103)(H,94,112)(H,95,114)(H,96,113)(H,104,105)(H,106,107)(H,108,109)(H,117,118)/t57-,62-,63-,64-,65-,66-,67-,68+,77-/m0/s1. The predicted octanol–water partition coefficient (Wildman–Crippen LogP) is 3.84. The van der Waals surface area contributed by atoms with Crippen molar-refractivity contribution in [2.45, 2.75) is 256 Å². The maximum Gasteiger partial charge on any atom is 0.326 e. The van der Waals surface area contributed by atoms with Crippen LogP contribution in [0.15, 0.2) is 60.8 Å². The van der Waals surface area contributed by atoms with Gasteiger partial charge >= 0.3 is 23.9 Å². The zero-order chi connectivity index (χ0) is 90.3. The van der Waals surface area contributed by atoms with Crippen LogP contribution in [0.4, 0.5) is 0 Å². The van der Waals surface area contributed by atoms with Crippen molar-refractivity contribution in [1.82, 2.24) is 62.6 Å². The van der Waals surface area contributed by atoms with Crippen molar-refractivity contribution in [2.75, 3.05) is 86.6 Å². The van der Waals surface area contributed by atoms with Gasteiger partial charge in [-0.15, -0.1) is 0 Å². The normalized spacial score (nSPS) is 13.4. The third-order valence-corrected chi connectivity index (χ3v) is 20.4. The summed E-state index contributed by atoms with van der Waals surface area (Å²) in [6.45, 7) is 7.33. The Morgan fingerprint density at radius 1 is 0.443 bits per heavy atom. The number of fused-ring (bicyclic) bond motifs is 1. The zero-order valence-electron chi connectivity index (χ0n) is 71.8. The summed E-state index contributed by atoms with van der Waals surface area (Å²) in [6, 6.07) is 4.39. The van der Waals surface area contributed by atoms with Crippen LogP contribution < -0.4 is 53.6 Å². The van der Waals surface area contributed by atoms with Crippen molar-refractivity contribution in [1.29, 1.82) is 0 Å². The van der Waals surface area contributed by atoms with Crippen LogP contribution >= 0.6 is 0 Å². The van der Waals surface area contributed by atoms with Gasteiger partial charge in [-0.1, -0.05) is 179 Å². The van der Waals surface area contributed by atoms with E-state index in [1.54, 1.807) is 88.5 Å². The fourth-order valence-electron chi connectivity index (χ4n) is 13.3. The summed E-state index contributed by atoms with van der Waals surface area (Å²) in [6.07, 6.45) is 15.6.